The first kappa shape index (κ1) is 37.8. The molecule has 64 heavy (non-hydrogen) atoms. The Morgan fingerprint density at radius 3 is 1.62 bits per heavy atom. The van der Waals surface area contributed by atoms with Crippen molar-refractivity contribution in [2.45, 2.75) is 19.3 Å². The van der Waals surface area contributed by atoms with Gasteiger partial charge < -0.3 is 9.32 Å². The van der Waals surface area contributed by atoms with Crippen molar-refractivity contribution in [3.05, 3.63) is 247 Å². The van der Waals surface area contributed by atoms with E-state index in [1.54, 1.807) is 0 Å². The van der Waals surface area contributed by atoms with Gasteiger partial charge in [0.1, 0.15) is 11.2 Å². The molecule has 1 unspecified atom stereocenters. The average Bonchev–Trinajstić information content (AvgIpc) is 3.76. The zero-order valence-corrected chi connectivity index (χ0v) is 35.5. The van der Waals surface area contributed by atoms with Gasteiger partial charge in [0, 0.05) is 44.9 Å². The smallest absolute Gasteiger partial charge is 0.143 e. The van der Waals surface area contributed by atoms with Crippen molar-refractivity contribution in [3.63, 3.8) is 0 Å². The zero-order chi connectivity index (χ0) is 42.4. The number of fused-ring (bicyclic) bond motifs is 5. The molecule has 0 saturated heterocycles. The average molecular weight is 820 g/mol. The highest BCUT2D eigenvalue weighted by molar-refractivity contribution is 6.12. The molecule has 9 aromatic carbocycles. The van der Waals surface area contributed by atoms with E-state index in [-0.39, 0.29) is 5.92 Å². The van der Waals surface area contributed by atoms with E-state index >= 15 is 0 Å². The lowest BCUT2D eigenvalue weighted by atomic mass is 9.78. The van der Waals surface area contributed by atoms with Crippen molar-refractivity contribution in [1.29, 1.82) is 0 Å². The zero-order valence-electron chi connectivity index (χ0n) is 35.5. The van der Waals surface area contributed by atoms with E-state index < -0.39 is 0 Å². The molecule has 0 amide bonds. The van der Waals surface area contributed by atoms with E-state index in [2.05, 4.69) is 235 Å². The van der Waals surface area contributed by atoms with Crippen LogP contribution in [0.3, 0.4) is 0 Å². The van der Waals surface area contributed by atoms with Crippen LogP contribution in [0.2, 0.25) is 0 Å². The molecule has 0 radical (unpaired) electrons. The van der Waals surface area contributed by atoms with Gasteiger partial charge in [-0.3, -0.25) is 0 Å². The molecule has 1 aromatic heterocycles. The fourth-order valence-electron chi connectivity index (χ4n) is 10.4. The Kier molecular flexibility index (Phi) is 9.49. The lowest BCUT2D eigenvalue weighted by Gasteiger charge is -2.35. The molecule has 12 rings (SSSR count). The lowest BCUT2D eigenvalue weighted by molar-refractivity contribution is 0.666. The lowest BCUT2D eigenvalue weighted by Crippen LogP contribution is -2.23. The van der Waals surface area contributed by atoms with Gasteiger partial charge in [0.15, 0.2) is 0 Å². The predicted molar refractivity (Wildman–Crippen MR) is 271 cm³/mol. The largest absolute Gasteiger partial charge is 0.455 e. The highest BCUT2D eigenvalue weighted by Gasteiger charge is 2.30. The molecule has 2 nitrogen and oxygen atoms in total. The van der Waals surface area contributed by atoms with Crippen LogP contribution in [-0.4, -0.2) is 0 Å². The minimum Gasteiger partial charge on any atom is -0.455 e. The van der Waals surface area contributed by atoms with Crippen LogP contribution >= 0.6 is 0 Å². The van der Waals surface area contributed by atoms with Gasteiger partial charge in [-0.2, -0.15) is 0 Å². The number of para-hydroxylation sites is 2. The predicted octanol–water partition coefficient (Wildman–Crippen LogP) is 17.3. The SMILES string of the molecule is C1=CCC(C2=C(N(c3cccc(-c4cccc5ccccc45)c3)c3cccc(-c4cccc5ccccc45)c3)CCC=C2)C(c2cccc3c2oc2c(-c4ccccc4)cccc23)=C1. The van der Waals surface area contributed by atoms with Crippen molar-refractivity contribution < 1.29 is 4.42 Å². The third kappa shape index (κ3) is 6.58. The highest BCUT2D eigenvalue weighted by Crippen LogP contribution is 2.47. The molecular formula is C62H45NO. The fourth-order valence-corrected chi connectivity index (χ4v) is 10.4. The van der Waals surface area contributed by atoms with Crippen molar-refractivity contribution >= 4 is 60.4 Å². The third-order valence-electron chi connectivity index (χ3n) is 13.3. The van der Waals surface area contributed by atoms with Gasteiger partial charge in [-0.15, -0.1) is 0 Å². The molecule has 0 spiro atoms. The van der Waals surface area contributed by atoms with Crippen molar-refractivity contribution in [1.82, 2.24) is 0 Å². The molecule has 2 aliphatic carbocycles. The van der Waals surface area contributed by atoms with Crippen LogP contribution in [0.1, 0.15) is 24.8 Å². The Morgan fingerprint density at radius 2 is 0.953 bits per heavy atom. The van der Waals surface area contributed by atoms with Crippen LogP contribution < -0.4 is 4.90 Å². The monoisotopic (exact) mass is 819 g/mol. The quantitative estimate of drug-likeness (QED) is 0.152. The highest BCUT2D eigenvalue weighted by atomic mass is 16.3. The Balaban J connectivity index is 1.04. The van der Waals surface area contributed by atoms with Crippen molar-refractivity contribution in [2.24, 2.45) is 5.92 Å². The summed E-state index contributed by atoms with van der Waals surface area (Å²) in [5.41, 5.74) is 16.4. The molecule has 304 valence electrons. The van der Waals surface area contributed by atoms with Crippen LogP contribution in [0.4, 0.5) is 11.4 Å². The summed E-state index contributed by atoms with van der Waals surface area (Å²) in [7, 11) is 0. The van der Waals surface area contributed by atoms with Crippen LogP contribution in [0.25, 0.3) is 82.4 Å². The van der Waals surface area contributed by atoms with E-state index in [1.807, 2.05) is 0 Å². The Bertz CT molecular complexity index is 3410. The third-order valence-corrected chi connectivity index (χ3v) is 13.3. The number of hydrogen-bond donors (Lipinski definition) is 0. The molecule has 0 saturated carbocycles. The van der Waals surface area contributed by atoms with E-state index in [4.69, 9.17) is 4.42 Å². The first-order valence-corrected chi connectivity index (χ1v) is 22.5. The maximum atomic E-state index is 7.03. The molecule has 2 heteroatoms. The van der Waals surface area contributed by atoms with Gasteiger partial charge in [-0.1, -0.05) is 206 Å². The van der Waals surface area contributed by atoms with Crippen LogP contribution in [0.15, 0.2) is 246 Å². The number of allylic oxidation sites excluding steroid dienone is 8. The van der Waals surface area contributed by atoms with E-state index in [1.165, 1.54) is 60.6 Å². The Morgan fingerprint density at radius 1 is 0.438 bits per heavy atom. The van der Waals surface area contributed by atoms with Gasteiger partial charge >= 0.3 is 0 Å². The summed E-state index contributed by atoms with van der Waals surface area (Å²) >= 11 is 0. The Hall–Kier alpha value is -7.94. The summed E-state index contributed by atoms with van der Waals surface area (Å²) in [6.07, 6.45) is 14.4. The standard InChI is InChI=1S/C62H45NO/c1-2-18-44(19-3-1)53-35-16-37-58-59-38-17-36-57(62(59)64-61(53)58)55-31-9-8-30-54(55)56-32-10-11-39-60(56)63(47-26-12-24-45(40-47)51-33-14-22-42-20-4-6-28-49(42)51)48-27-13-25-46(41-48)52-34-15-23-43-21-5-7-29-50(43)52/h1-10,12-29,31-38,40-41,54H,11,30,39H2. The van der Waals surface area contributed by atoms with Gasteiger partial charge in [-0.05, 0) is 104 Å². The summed E-state index contributed by atoms with van der Waals surface area (Å²) in [4.78, 5) is 2.56. The number of benzene rings is 9. The minimum atomic E-state index is 0.106. The number of anilines is 2. The molecule has 0 aliphatic heterocycles. The van der Waals surface area contributed by atoms with Gasteiger partial charge in [-0.25, -0.2) is 0 Å². The summed E-state index contributed by atoms with van der Waals surface area (Å²) in [5, 5.41) is 7.28. The van der Waals surface area contributed by atoms with Crippen LogP contribution in [0, 0.1) is 5.92 Å². The number of rotatable bonds is 8. The molecule has 1 atom stereocenters. The van der Waals surface area contributed by atoms with Gasteiger partial charge in [0.2, 0.25) is 0 Å². The summed E-state index contributed by atoms with van der Waals surface area (Å²) in [5.74, 6) is 0.106. The van der Waals surface area contributed by atoms with E-state index in [0.717, 1.165) is 69.3 Å². The molecule has 0 N–H and O–H groups in total. The fraction of sp³-hybridized carbons (Fsp3) is 0.0645. The second kappa shape index (κ2) is 16.1. The minimum absolute atomic E-state index is 0.106. The second-order valence-electron chi connectivity index (χ2n) is 17.0. The topological polar surface area (TPSA) is 16.4 Å². The number of nitrogens with zero attached hydrogens (tertiary/aromatic N) is 1. The van der Waals surface area contributed by atoms with Crippen LogP contribution in [-0.2, 0) is 0 Å². The summed E-state index contributed by atoms with van der Waals surface area (Å²) < 4.78 is 7.03. The maximum absolute atomic E-state index is 7.03. The molecule has 1 heterocycles. The maximum Gasteiger partial charge on any atom is 0.143 e. The van der Waals surface area contributed by atoms with Crippen molar-refractivity contribution in [2.75, 3.05) is 4.90 Å². The molecule has 0 fully saturated rings. The van der Waals surface area contributed by atoms with Gasteiger partial charge in [0.05, 0.1) is 0 Å². The van der Waals surface area contributed by atoms with Crippen molar-refractivity contribution in [3.8, 4) is 33.4 Å². The first-order valence-electron chi connectivity index (χ1n) is 22.5. The van der Waals surface area contributed by atoms with E-state index in [9.17, 15) is 0 Å². The summed E-state index contributed by atoms with van der Waals surface area (Å²) in [6, 6.07) is 72.8. The number of furan rings is 1. The van der Waals surface area contributed by atoms with Crippen LogP contribution in [0.5, 0.6) is 0 Å². The van der Waals surface area contributed by atoms with Gasteiger partial charge in [0.25, 0.3) is 0 Å². The molecule has 10 aromatic rings. The molecular weight excluding hydrogens is 775 g/mol. The molecule has 0 bridgehead atoms. The summed E-state index contributed by atoms with van der Waals surface area (Å²) in [6.45, 7) is 0. The Labute approximate surface area is 374 Å². The second-order valence-corrected chi connectivity index (χ2v) is 17.0. The number of hydrogen-bond acceptors (Lipinski definition) is 2. The molecule has 2 aliphatic rings. The van der Waals surface area contributed by atoms with E-state index in [0.29, 0.717) is 0 Å². The first-order chi connectivity index (χ1) is 31.8. The normalized spacial score (nSPS) is 15.1.